The molecule has 3 aromatic carbocycles. The maximum absolute atomic E-state index is 12.9. The quantitative estimate of drug-likeness (QED) is 0.0468. The van der Waals surface area contributed by atoms with Gasteiger partial charge in [0.05, 0.1) is 45.2 Å². The molecule has 4 N–H and O–H groups in total. The van der Waals surface area contributed by atoms with E-state index in [2.05, 4.69) is 46.5 Å². The van der Waals surface area contributed by atoms with Gasteiger partial charge in [0.2, 0.25) is 11.8 Å². The van der Waals surface area contributed by atoms with E-state index < -0.39 is 0 Å². The SMILES string of the molecule is CNC(=O)[C@H](CS)CC(=O)[C@H](CS)NC.CNC(=O)[C@H](CSCc1ccc(OC)cc1)CC(=O)[C@H](CSCc1ccc(OC)cc1)NC.COc1ccc(CCl)cc1. The number of ether oxygens (including phenoxy) is 3. The number of thioether (sulfide) groups is 2. The highest BCUT2D eigenvalue weighted by Crippen LogP contribution is 2.22. The summed E-state index contributed by atoms with van der Waals surface area (Å²) in [6, 6.07) is 23.0. The van der Waals surface area contributed by atoms with Crippen LogP contribution in [0.3, 0.4) is 0 Å². The molecule has 322 valence electrons. The summed E-state index contributed by atoms with van der Waals surface area (Å²) >= 11 is 17.1. The van der Waals surface area contributed by atoms with Crippen molar-refractivity contribution in [3.05, 3.63) is 89.5 Å². The van der Waals surface area contributed by atoms with Gasteiger partial charge >= 0.3 is 0 Å². The first-order valence-corrected chi connectivity index (χ1v) is 22.7. The highest BCUT2D eigenvalue weighted by molar-refractivity contribution is 7.98. The molecule has 0 bridgehead atoms. The molecular weight excluding hydrogens is 836 g/mol. The van der Waals surface area contributed by atoms with Crippen LogP contribution in [-0.2, 0) is 36.6 Å². The fraction of sp³-hybridized carbons (Fsp3) is 0.476. The lowest BCUT2D eigenvalue weighted by Gasteiger charge is -2.19. The minimum atomic E-state index is -0.360. The number of thiol groups is 2. The van der Waals surface area contributed by atoms with Crippen LogP contribution in [0.15, 0.2) is 72.8 Å². The van der Waals surface area contributed by atoms with Crippen LogP contribution in [0.4, 0.5) is 0 Å². The Morgan fingerprint density at radius 3 is 1.31 bits per heavy atom. The highest BCUT2D eigenvalue weighted by atomic mass is 35.5. The zero-order valence-electron chi connectivity index (χ0n) is 34.5. The van der Waals surface area contributed by atoms with Crippen molar-refractivity contribution >= 4 is 83.8 Å². The Morgan fingerprint density at radius 1 is 0.569 bits per heavy atom. The van der Waals surface area contributed by atoms with Gasteiger partial charge in [-0.05, 0) is 67.2 Å². The molecule has 58 heavy (non-hydrogen) atoms. The monoisotopic (exact) mass is 896 g/mol. The van der Waals surface area contributed by atoms with Gasteiger partial charge in [0.1, 0.15) is 17.2 Å². The summed E-state index contributed by atoms with van der Waals surface area (Å²) in [6.07, 6.45) is 0.430. The van der Waals surface area contributed by atoms with Crippen molar-refractivity contribution in [1.29, 1.82) is 0 Å². The Bertz CT molecular complexity index is 1580. The van der Waals surface area contributed by atoms with Crippen LogP contribution in [-0.4, -0.2) is 108 Å². The molecule has 0 aromatic heterocycles. The minimum absolute atomic E-state index is 0.00449. The molecule has 11 nitrogen and oxygen atoms in total. The van der Waals surface area contributed by atoms with E-state index in [1.807, 2.05) is 72.8 Å². The summed E-state index contributed by atoms with van der Waals surface area (Å²) in [5, 5.41) is 11.2. The summed E-state index contributed by atoms with van der Waals surface area (Å²) in [4.78, 5) is 48.3. The molecule has 3 rings (SSSR count). The van der Waals surface area contributed by atoms with Crippen molar-refractivity contribution < 1.29 is 33.4 Å². The fourth-order valence-electron chi connectivity index (χ4n) is 5.11. The molecule has 0 heterocycles. The van der Waals surface area contributed by atoms with Crippen LogP contribution in [0.5, 0.6) is 17.2 Å². The molecule has 0 aliphatic heterocycles. The number of Topliss-reactive ketones (excluding diaryl/α,β-unsaturated/α-hetero) is 2. The van der Waals surface area contributed by atoms with Gasteiger partial charge in [-0.3, -0.25) is 19.2 Å². The van der Waals surface area contributed by atoms with Crippen molar-refractivity contribution in [2.75, 3.05) is 72.5 Å². The normalized spacial score (nSPS) is 12.5. The standard InChI is InChI=1S/C25H34N2O4S2.C9H18N2O2S2.C8H9ClO/c1-26-23(17-33-15-19-7-11-22(31-4)12-8-19)24(28)13-20(25(29)27-2)16-32-14-18-5-9-21(30-3)10-6-18;1-10-7(5-15)8(12)3-6(4-14)9(13)11-2;1-10-8-4-2-7(6-9)3-5-8/h5-12,20,23,26H,13-17H2,1-4H3,(H,27,29);6-7,10,14-15H,3-5H2,1-2H3,(H,11,13);2-5H,6H2,1H3/t20-,23-;6-,7-;/m00./s1. The number of hydrogen-bond donors (Lipinski definition) is 6. The van der Waals surface area contributed by atoms with E-state index in [1.54, 1.807) is 73.0 Å². The van der Waals surface area contributed by atoms with Gasteiger partial charge in [-0.1, -0.05) is 36.4 Å². The number of carbonyl (C=O) groups excluding carboxylic acids is 4. The molecule has 2 amide bonds. The maximum Gasteiger partial charge on any atom is 0.224 e. The summed E-state index contributed by atoms with van der Waals surface area (Å²) in [7, 11) is 11.6. The fourth-order valence-corrected chi connectivity index (χ4v) is 8.20. The van der Waals surface area contributed by atoms with Gasteiger partial charge in [0.25, 0.3) is 0 Å². The molecule has 0 saturated heterocycles. The summed E-state index contributed by atoms with van der Waals surface area (Å²) in [5.74, 6) is 5.83. The van der Waals surface area contributed by atoms with Crippen LogP contribution in [0, 0.1) is 11.8 Å². The molecule has 0 saturated carbocycles. The number of amides is 2. The topological polar surface area (TPSA) is 144 Å². The van der Waals surface area contributed by atoms with E-state index in [9.17, 15) is 19.2 Å². The van der Waals surface area contributed by atoms with Crippen molar-refractivity contribution in [3.63, 3.8) is 0 Å². The predicted molar refractivity (Wildman–Crippen MR) is 249 cm³/mol. The predicted octanol–water partition coefficient (Wildman–Crippen LogP) is 5.97. The first-order chi connectivity index (χ1) is 28.0. The zero-order valence-corrected chi connectivity index (χ0v) is 38.7. The molecule has 16 heteroatoms. The third-order valence-electron chi connectivity index (χ3n) is 8.78. The number of carbonyl (C=O) groups is 4. The van der Waals surface area contributed by atoms with Crippen LogP contribution < -0.4 is 35.5 Å². The second kappa shape index (κ2) is 31.8. The van der Waals surface area contributed by atoms with Gasteiger partial charge in [-0.15, -0.1) is 11.6 Å². The number of methoxy groups -OCH3 is 3. The van der Waals surface area contributed by atoms with Gasteiger partial charge in [-0.2, -0.15) is 48.8 Å². The lowest BCUT2D eigenvalue weighted by molar-refractivity contribution is -0.129. The van der Waals surface area contributed by atoms with E-state index in [4.69, 9.17) is 25.8 Å². The van der Waals surface area contributed by atoms with Crippen LogP contribution in [0.25, 0.3) is 0 Å². The molecule has 0 spiro atoms. The van der Waals surface area contributed by atoms with Crippen molar-refractivity contribution in [1.82, 2.24) is 21.3 Å². The Balaban J connectivity index is 0.000000549. The van der Waals surface area contributed by atoms with E-state index in [-0.39, 0.29) is 60.1 Å². The van der Waals surface area contributed by atoms with Crippen LogP contribution in [0.2, 0.25) is 0 Å². The Labute approximate surface area is 369 Å². The number of hydrogen-bond acceptors (Lipinski definition) is 13. The van der Waals surface area contributed by atoms with E-state index in [1.165, 1.54) is 5.56 Å². The highest BCUT2D eigenvalue weighted by Gasteiger charge is 2.26. The number of halogens is 1. The molecule has 0 aliphatic carbocycles. The number of benzene rings is 3. The number of rotatable bonds is 24. The Hall–Kier alpha value is -3.05. The van der Waals surface area contributed by atoms with Gasteiger partial charge in [0, 0.05) is 67.3 Å². The molecule has 0 radical (unpaired) electrons. The zero-order chi connectivity index (χ0) is 43.3. The van der Waals surface area contributed by atoms with Gasteiger partial charge < -0.3 is 35.5 Å². The summed E-state index contributed by atoms with van der Waals surface area (Å²) < 4.78 is 15.3. The number of likely N-dealkylation sites (N-methyl/N-ethyl adjacent to an activating group) is 2. The summed E-state index contributed by atoms with van der Waals surface area (Å²) in [5.41, 5.74) is 3.45. The lowest BCUT2D eigenvalue weighted by Crippen LogP contribution is -2.40. The Kier molecular flexibility index (Phi) is 29.1. The maximum atomic E-state index is 12.9. The number of ketones is 2. The molecule has 0 aliphatic rings. The van der Waals surface area contributed by atoms with Gasteiger partial charge in [0.15, 0.2) is 11.6 Å². The average molecular weight is 898 g/mol. The summed E-state index contributed by atoms with van der Waals surface area (Å²) in [6.45, 7) is 0. The number of nitrogens with one attached hydrogen (secondary N) is 4. The van der Waals surface area contributed by atoms with Crippen molar-refractivity contribution in [2.45, 2.75) is 42.3 Å². The van der Waals surface area contributed by atoms with Crippen LogP contribution in [0.1, 0.15) is 29.5 Å². The molecule has 3 aromatic rings. The second-order valence-electron chi connectivity index (χ2n) is 12.7. The number of alkyl halides is 1. The van der Waals surface area contributed by atoms with Crippen LogP contribution >= 0.6 is 60.4 Å². The molecule has 4 atom stereocenters. The van der Waals surface area contributed by atoms with Crippen molar-refractivity contribution in [2.24, 2.45) is 11.8 Å². The van der Waals surface area contributed by atoms with Gasteiger partial charge in [-0.25, -0.2) is 0 Å². The smallest absolute Gasteiger partial charge is 0.224 e. The third kappa shape index (κ3) is 20.8. The minimum Gasteiger partial charge on any atom is -0.497 e. The Morgan fingerprint density at radius 2 is 0.948 bits per heavy atom. The van der Waals surface area contributed by atoms with Crippen molar-refractivity contribution in [3.8, 4) is 17.2 Å². The van der Waals surface area contributed by atoms with E-state index >= 15 is 0 Å². The van der Waals surface area contributed by atoms with E-state index in [0.29, 0.717) is 28.9 Å². The molecule has 0 unspecified atom stereocenters. The third-order valence-corrected chi connectivity index (χ3v) is 12.2. The molecular formula is C42H61ClN4O7S4. The average Bonchev–Trinajstić information content (AvgIpc) is 3.27. The second-order valence-corrected chi connectivity index (χ2v) is 15.8. The lowest BCUT2D eigenvalue weighted by atomic mass is 10.00. The first-order valence-electron chi connectivity index (χ1n) is 18.6. The molecule has 0 fully saturated rings. The van der Waals surface area contributed by atoms with E-state index in [0.717, 1.165) is 39.9 Å². The first kappa shape index (κ1) is 53.0. The largest absolute Gasteiger partial charge is 0.497 e.